The summed E-state index contributed by atoms with van der Waals surface area (Å²) in [5, 5.41) is 11.4. The Morgan fingerprint density at radius 3 is 2.58 bits per heavy atom. The van der Waals surface area contributed by atoms with Gasteiger partial charge in [-0.2, -0.15) is 0 Å². The highest BCUT2D eigenvalue weighted by molar-refractivity contribution is 6.74. The maximum absolute atomic E-state index is 11.5. The van der Waals surface area contributed by atoms with Crippen molar-refractivity contribution in [2.75, 3.05) is 0 Å². The van der Waals surface area contributed by atoms with Crippen LogP contribution in [-0.2, 0) is 13.9 Å². The van der Waals surface area contributed by atoms with Crippen molar-refractivity contribution >= 4 is 8.32 Å². The maximum Gasteiger partial charge on any atom is 0.271 e. The highest BCUT2D eigenvalue weighted by Gasteiger charge is 2.43. The van der Waals surface area contributed by atoms with Crippen LogP contribution < -0.4 is 0 Å². The summed E-state index contributed by atoms with van der Waals surface area (Å²) < 4.78 is 17.3. The fourth-order valence-electron chi connectivity index (χ4n) is 2.28. The Bertz CT molecular complexity index is 625. The van der Waals surface area contributed by atoms with Crippen molar-refractivity contribution < 1.29 is 18.8 Å². The third kappa shape index (κ3) is 3.96. The van der Waals surface area contributed by atoms with E-state index in [1.165, 1.54) is 18.8 Å². The summed E-state index contributed by atoms with van der Waals surface area (Å²) in [5.41, 5.74) is 0.724. The topological polar surface area (TPSA) is 70.8 Å². The summed E-state index contributed by atoms with van der Waals surface area (Å²) in [6, 6.07) is 0. The summed E-state index contributed by atoms with van der Waals surface area (Å²) in [6.45, 7) is 10.6. The minimum absolute atomic E-state index is 0.0307. The summed E-state index contributed by atoms with van der Waals surface area (Å²) >= 11 is 0. The van der Waals surface area contributed by atoms with Crippen LogP contribution in [-0.4, -0.2) is 19.3 Å². The van der Waals surface area contributed by atoms with Crippen LogP contribution in [0, 0.1) is 10.1 Å². The van der Waals surface area contributed by atoms with Gasteiger partial charge in [0.15, 0.2) is 14.1 Å². The standard InChI is InChI=1S/C17H25NO5Si/c1-17(2,3)24(4,5)23-16(15-12-21-10-11-22-15)13-8-6-7-9-14(13)18(19)20/h7,9-12,16H,6,8H2,1-5H3. The molecule has 2 rings (SSSR count). The highest BCUT2D eigenvalue weighted by Crippen LogP contribution is 2.41. The van der Waals surface area contributed by atoms with Crippen LogP contribution in [0.1, 0.15) is 33.6 Å². The van der Waals surface area contributed by atoms with Gasteiger partial charge in [-0.25, -0.2) is 0 Å². The third-order valence-corrected chi connectivity index (χ3v) is 9.14. The minimum atomic E-state index is -2.18. The molecule has 0 aromatic rings. The molecule has 0 aromatic heterocycles. The van der Waals surface area contributed by atoms with E-state index in [2.05, 4.69) is 33.9 Å². The monoisotopic (exact) mass is 351 g/mol. The molecule has 2 aliphatic rings. The quantitative estimate of drug-likeness (QED) is 0.411. The summed E-state index contributed by atoms with van der Waals surface area (Å²) in [5.74, 6) is 0.451. The zero-order valence-corrected chi connectivity index (χ0v) is 15.9. The van der Waals surface area contributed by atoms with Crippen molar-refractivity contribution in [3.05, 3.63) is 58.1 Å². The Morgan fingerprint density at radius 1 is 1.33 bits per heavy atom. The minimum Gasteiger partial charge on any atom is -0.466 e. The average molecular weight is 351 g/mol. The molecule has 1 atom stereocenters. The van der Waals surface area contributed by atoms with Crippen LogP contribution in [0.3, 0.4) is 0 Å². The smallest absolute Gasteiger partial charge is 0.271 e. The Labute approximate surface area is 143 Å². The lowest BCUT2D eigenvalue weighted by Gasteiger charge is -2.40. The van der Waals surface area contributed by atoms with Gasteiger partial charge >= 0.3 is 0 Å². The summed E-state index contributed by atoms with van der Waals surface area (Å²) in [6.07, 6.45) is 8.36. The van der Waals surface area contributed by atoms with Gasteiger partial charge in [-0.05, 0) is 31.0 Å². The molecule has 132 valence electrons. The van der Waals surface area contributed by atoms with Crippen molar-refractivity contribution in [3.63, 3.8) is 0 Å². The number of ether oxygens (including phenoxy) is 2. The molecule has 0 radical (unpaired) electrons. The van der Waals surface area contributed by atoms with Crippen molar-refractivity contribution in [1.82, 2.24) is 0 Å². The van der Waals surface area contributed by atoms with Gasteiger partial charge in [-0.3, -0.25) is 10.1 Å². The van der Waals surface area contributed by atoms with Crippen LogP contribution in [0.15, 0.2) is 48.0 Å². The van der Waals surface area contributed by atoms with Gasteiger partial charge in [-0.1, -0.05) is 26.8 Å². The van der Waals surface area contributed by atoms with Gasteiger partial charge in [0.25, 0.3) is 5.70 Å². The van der Waals surface area contributed by atoms with Crippen molar-refractivity contribution in [1.29, 1.82) is 0 Å². The third-order valence-electron chi connectivity index (χ3n) is 4.70. The molecule has 1 unspecified atom stereocenters. The molecule has 0 bridgehead atoms. The van der Waals surface area contributed by atoms with Gasteiger partial charge in [0.2, 0.25) is 0 Å². The predicted molar refractivity (Wildman–Crippen MR) is 93.9 cm³/mol. The fourth-order valence-corrected chi connectivity index (χ4v) is 3.48. The number of allylic oxidation sites excluding steroid dienone is 2. The summed E-state index contributed by atoms with van der Waals surface area (Å²) in [4.78, 5) is 11.1. The van der Waals surface area contributed by atoms with E-state index in [4.69, 9.17) is 13.9 Å². The molecule has 0 fully saturated rings. The second kappa shape index (κ2) is 6.94. The second-order valence-corrected chi connectivity index (χ2v) is 12.2. The molecule has 0 saturated heterocycles. The first-order valence-electron chi connectivity index (χ1n) is 8.02. The lowest BCUT2D eigenvalue weighted by Crippen LogP contribution is -2.45. The molecule has 7 heteroatoms. The molecule has 0 N–H and O–H groups in total. The lowest BCUT2D eigenvalue weighted by atomic mass is 9.96. The molecular weight excluding hydrogens is 326 g/mol. The van der Waals surface area contributed by atoms with E-state index in [-0.39, 0.29) is 15.7 Å². The molecule has 1 heterocycles. The normalized spacial score (nSPS) is 19.5. The Balaban J connectivity index is 2.46. The number of nitrogens with zero attached hydrogens (tertiary/aromatic N) is 1. The van der Waals surface area contributed by atoms with Crippen LogP contribution in [0.25, 0.3) is 0 Å². The molecule has 1 aliphatic carbocycles. The Morgan fingerprint density at radius 2 is 2.04 bits per heavy atom. The Kier molecular flexibility index (Phi) is 5.34. The highest BCUT2D eigenvalue weighted by atomic mass is 28.4. The number of hydrogen-bond acceptors (Lipinski definition) is 5. The van der Waals surface area contributed by atoms with Gasteiger partial charge in [0.05, 0.1) is 4.92 Å². The first-order chi connectivity index (χ1) is 11.1. The number of rotatable bonds is 5. The van der Waals surface area contributed by atoms with Crippen molar-refractivity contribution in [2.24, 2.45) is 0 Å². The lowest BCUT2D eigenvalue weighted by molar-refractivity contribution is -0.421. The molecule has 0 spiro atoms. The van der Waals surface area contributed by atoms with E-state index in [1.807, 2.05) is 6.08 Å². The van der Waals surface area contributed by atoms with Gasteiger partial charge in [0, 0.05) is 11.6 Å². The molecule has 0 saturated carbocycles. The van der Waals surface area contributed by atoms with E-state index in [0.717, 1.165) is 6.42 Å². The van der Waals surface area contributed by atoms with E-state index < -0.39 is 14.4 Å². The summed E-state index contributed by atoms with van der Waals surface area (Å²) in [7, 11) is -2.18. The first-order valence-corrected chi connectivity index (χ1v) is 10.9. The second-order valence-electron chi connectivity index (χ2n) is 7.41. The van der Waals surface area contributed by atoms with E-state index >= 15 is 0 Å². The van der Waals surface area contributed by atoms with Crippen LogP contribution in [0.4, 0.5) is 0 Å². The van der Waals surface area contributed by atoms with Gasteiger partial charge in [-0.15, -0.1) is 0 Å². The van der Waals surface area contributed by atoms with Gasteiger partial charge in [0.1, 0.15) is 24.9 Å². The van der Waals surface area contributed by atoms with Crippen molar-refractivity contribution in [3.8, 4) is 0 Å². The van der Waals surface area contributed by atoms with Crippen LogP contribution >= 0.6 is 0 Å². The van der Waals surface area contributed by atoms with Crippen LogP contribution in [0.5, 0.6) is 0 Å². The molecule has 0 aromatic carbocycles. The largest absolute Gasteiger partial charge is 0.466 e. The average Bonchev–Trinajstić information content (AvgIpc) is 2.52. The predicted octanol–water partition coefficient (Wildman–Crippen LogP) is 4.62. The zero-order chi connectivity index (χ0) is 18.0. The number of hydrogen-bond donors (Lipinski definition) is 0. The number of nitro groups is 1. The fraction of sp³-hybridized carbons (Fsp3) is 0.529. The molecule has 0 amide bonds. The van der Waals surface area contributed by atoms with Crippen molar-refractivity contribution in [2.45, 2.75) is 57.8 Å². The van der Waals surface area contributed by atoms with Crippen LogP contribution in [0.2, 0.25) is 18.1 Å². The first kappa shape index (κ1) is 18.5. The zero-order valence-electron chi connectivity index (χ0n) is 14.9. The molecular formula is C17H25NO5Si. The molecule has 1 aliphatic heterocycles. The van der Waals surface area contributed by atoms with E-state index in [9.17, 15) is 10.1 Å². The maximum atomic E-state index is 11.5. The molecule has 24 heavy (non-hydrogen) atoms. The SMILES string of the molecule is CC(C)(C)[Si](C)(C)OC(C1=COC=CO1)C1=C([N+](=O)[O-])C=CCC1. The van der Waals surface area contributed by atoms with Gasteiger partial charge < -0.3 is 13.9 Å². The van der Waals surface area contributed by atoms with E-state index in [0.29, 0.717) is 17.8 Å². The Hall–Kier alpha value is -1.86. The molecule has 6 nitrogen and oxygen atoms in total. The van der Waals surface area contributed by atoms with E-state index in [1.54, 1.807) is 6.08 Å².